The molecule has 1 amide bonds. The molecule has 1 heterocycles. The van der Waals surface area contributed by atoms with Gasteiger partial charge in [-0.2, -0.15) is 0 Å². The molecule has 1 N–H and O–H groups in total. The highest BCUT2D eigenvalue weighted by atomic mass is 79.9. The lowest BCUT2D eigenvalue weighted by molar-refractivity contribution is -0.115. The number of carbonyl (C=O) groups is 1. The van der Waals surface area contributed by atoms with E-state index in [9.17, 15) is 4.79 Å². The van der Waals surface area contributed by atoms with Crippen LogP contribution in [0.25, 0.3) is 0 Å². The minimum absolute atomic E-state index is 0.0638. The van der Waals surface area contributed by atoms with Gasteiger partial charge in [-0.3, -0.25) is 4.79 Å². The van der Waals surface area contributed by atoms with Crippen LogP contribution in [-0.2, 0) is 11.8 Å². The zero-order valence-electron chi connectivity index (χ0n) is 10.5. The number of halogens is 1. The van der Waals surface area contributed by atoms with E-state index in [4.69, 9.17) is 0 Å². The zero-order valence-corrected chi connectivity index (χ0v) is 12.9. The van der Waals surface area contributed by atoms with E-state index < -0.39 is 0 Å². The summed E-state index contributed by atoms with van der Waals surface area (Å²) in [5, 5.41) is 11.1. The zero-order chi connectivity index (χ0) is 13.8. The van der Waals surface area contributed by atoms with E-state index in [1.165, 1.54) is 11.8 Å². The highest BCUT2D eigenvalue weighted by Crippen LogP contribution is 2.22. The van der Waals surface area contributed by atoms with Crippen molar-refractivity contribution in [1.29, 1.82) is 0 Å². The molecular formula is C12H13BrN4OS. The van der Waals surface area contributed by atoms with Gasteiger partial charge in [-0.1, -0.05) is 33.8 Å². The Morgan fingerprint density at radius 2 is 2.32 bits per heavy atom. The predicted molar refractivity (Wildman–Crippen MR) is 79.1 cm³/mol. The van der Waals surface area contributed by atoms with E-state index >= 15 is 0 Å². The van der Waals surface area contributed by atoms with E-state index in [0.717, 1.165) is 15.3 Å². The monoisotopic (exact) mass is 340 g/mol. The van der Waals surface area contributed by atoms with Crippen molar-refractivity contribution in [2.75, 3.05) is 5.32 Å². The maximum Gasteiger partial charge on any atom is 0.237 e. The van der Waals surface area contributed by atoms with E-state index in [1.807, 2.05) is 38.2 Å². The number of anilines is 1. The molecule has 19 heavy (non-hydrogen) atoms. The van der Waals surface area contributed by atoms with Gasteiger partial charge in [0.25, 0.3) is 0 Å². The molecule has 0 spiro atoms. The largest absolute Gasteiger partial charge is 0.325 e. The van der Waals surface area contributed by atoms with Gasteiger partial charge >= 0.3 is 0 Å². The molecule has 100 valence electrons. The van der Waals surface area contributed by atoms with Crippen LogP contribution in [0.4, 0.5) is 5.69 Å². The molecule has 0 aliphatic carbocycles. The molecule has 0 bridgehead atoms. The van der Waals surface area contributed by atoms with Crippen LogP contribution in [-0.4, -0.2) is 25.9 Å². The van der Waals surface area contributed by atoms with Crippen LogP contribution in [0.2, 0.25) is 0 Å². The van der Waals surface area contributed by atoms with Gasteiger partial charge in [0.1, 0.15) is 6.33 Å². The first-order chi connectivity index (χ1) is 9.06. The Bertz CT molecular complexity index is 587. The summed E-state index contributed by atoms with van der Waals surface area (Å²) in [6.07, 6.45) is 1.61. The Morgan fingerprint density at radius 3 is 2.95 bits per heavy atom. The fourth-order valence-corrected chi connectivity index (χ4v) is 2.59. The number of carbonyl (C=O) groups excluding carboxylic acids is 1. The molecule has 7 heteroatoms. The van der Waals surface area contributed by atoms with Crippen LogP contribution in [0.15, 0.2) is 40.2 Å². The number of nitrogens with zero attached hydrogens (tertiary/aromatic N) is 3. The van der Waals surface area contributed by atoms with Gasteiger partial charge < -0.3 is 9.88 Å². The van der Waals surface area contributed by atoms with Crippen LogP contribution in [0.3, 0.4) is 0 Å². The molecule has 2 aromatic rings. The summed E-state index contributed by atoms with van der Waals surface area (Å²) in [7, 11) is 1.85. The second-order valence-electron chi connectivity index (χ2n) is 3.98. The second kappa shape index (κ2) is 6.21. The van der Waals surface area contributed by atoms with Gasteiger partial charge in [-0.05, 0) is 25.1 Å². The Labute approximate surface area is 123 Å². The summed E-state index contributed by atoms with van der Waals surface area (Å²) >= 11 is 4.74. The van der Waals surface area contributed by atoms with Crippen LogP contribution in [0, 0.1) is 0 Å². The van der Waals surface area contributed by atoms with Crippen molar-refractivity contribution in [3.05, 3.63) is 35.1 Å². The highest BCUT2D eigenvalue weighted by Gasteiger charge is 2.17. The lowest BCUT2D eigenvalue weighted by Crippen LogP contribution is -2.22. The molecular weight excluding hydrogens is 328 g/mol. The number of hydrogen-bond donors (Lipinski definition) is 1. The summed E-state index contributed by atoms with van der Waals surface area (Å²) in [6, 6.07) is 7.49. The fourth-order valence-electron chi connectivity index (χ4n) is 1.40. The van der Waals surface area contributed by atoms with Gasteiger partial charge in [-0.15, -0.1) is 10.2 Å². The molecule has 0 fully saturated rings. The predicted octanol–water partition coefficient (Wildman–Crippen LogP) is 2.70. The molecule has 1 atom stereocenters. The van der Waals surface area contributed by atoms with Crippen molar-refractivity contribution in [2.24, 2.45) is 7.05 Å². The molecule has 2 rings (SSSR count). The van der Waals surface area contributed by atoms with Gasteiger partial charge in [-0.25, -0.2) is 0 Å². The first-order valence-corrected chi connectivity index (χ1v) is 7.30. The first-order valence-electron chi connectivity index (χ1n) is 5.63. The first kappa shape index (κ1) is 14.1. The third kappa shape index (κ3) is 3.81. The lowest BCUT2D eigenvalue weighted by atomic mass is 10.3. The summed E-state index contributed by atoms with van der Waals surface area (Å²) in [6.45, 7) is 1.84. The number of amides is 1. The Hall–Kier alpha value is -1.34. The van der Waals surface area contributed by atoms with Crippen molar-refractivity contribution in [1.82, 2.24) is 14.8 Å². The third-order valence-corrected chi connectivity index (χ3v) is 4.05. The van der Waals surface area contributed by atoms with Gasteiger partial charge in [0.05, 0.1) is 5.25 Å². The normalized spacial score (nSPS) is 12.2. The number of aryl methyl sites for hydroxylation is 1. The van der Waals surface area contributed by atoms with Crippen LogP contribution in [0.1, 0.15) is 6.92 Å². The van der Waals surface area contributed by atoms with Gasteiger partial charge in [0.2, 0.25) is 5.91 Å². The van der Waals surface area contributed by atoms with Crippen molar-refractivity contribution >= 4 is 39.3 Å². The number of rotatable bonds is 4. The van der Waals surface area contributed by atoms with E-state index in [-0.39, 0.29) is 11.2 Å². The molecule has 0 aliphatic rings. The third-order valence-electron chi connectivity index (χ3n) is 2.41. The number of aromatic nitrogens is 3. The quantitative estimate of drug-likeness (QED) is 0.869. The Balaban J connectivity index is 1.98. The number of hydrogen-bond acceptors (Lipinski definition) is 4. The molecule has 0 aliphatic heterocycles. The Morgan fingerprint density at radius 1 is 1.53 bits per heavy atom. The Kier molecular flexibility index (Phi) is 4.60. The topological polar surface area (TPSA) is 59.8 Å². The summed E-state index contributed by atoms with van der Waals surface area (Å²) in [5.41, 5.74) is 0.768. The molecule has 0 unspecified atom stereocenters. The van der Waals surface area contributed by atoms with Crippen molar-refractivity contribution in [3.8, 4) is 0 Å². The van der Waals surface area contributed by atoms with Crippen molar-refractivity contribution < 1.29 is 4.79 Å². The molecule has 0 saturated heterocycles. The highest BCUT2D eigenvalue weighted by molar-refractivity contribution is 9.10. The molecule has 5 nitrogen and oxygen atoms in total. The second-order valence-corrected chi connectivity index (χ2v) is 6.21. The fraction of sp³-hybridized carbons (Fsp3) is 0.250. The van der Waals surface area contributed by atoms with E-state index in [2.05, 4.69) is 31.4 Å². The number of nitrogens with one attached hydrogen (secondary N) is 1. The average Bonchev–Trinajstić information content (AvgIpc) is 2.75. The maximum atomic E-state index is 12.1. The summed E-state index contributed by atoms with van der Waals surface area (Å²) in [5.74, 6) is -0.0638. The lowest BCUT2D eigenvalue weighted by Gasteiger charge is -2.11. The van der Waals surface area contributed by atoms with Crippen molar-refractivity contribution in [2.45, 2.75) is 17.3 Å². The molecule has 1 aromatic heterocycles. The van der Waals surface area contributed by atoms with E-state index in [0.29, 0.717) is 0 Å². The summed E-state index contributed by atoms with van der Waals surface area (Å²) in [4.78, 5) is 12.1. The minimum atomic E-state index is -0.248. The number of thioether (sulfide) groups is 1. The van der Waals surface area contributed by atoms with Gasteiger partial charge in [0.15, 0.2) is 5.16 Å². The smallest absolute Gasteiger partial charge is 0.237 e. The average molecular weight is 341 g/mol. The summed E-state index contributed by atoms with van der Waals surface area (Å²) < 4.78 is 2.71. The van der Waals surface area contributed by atoms with Gasteiger partial charge in [0, 0.05) is 17.2 Å². The molecule has 1 aromatic carbocycles. The molecule has 0 radical (unpaired) electrons. The standard InChI is InChI=1S/C12H13BrN4OS/c1-8(19-12-16-14-7-17(12)2)11(18)15-10-5-3-4-9(13)6-10/h3-8H,1-2H3,(H,15,18)/t8-/m1/s1. The van der Waals surface area contributed by atoms with Crippen LogP contribution >= 0.6 is 27.7 Å². The maximum absolute atomic E-state index is 12.1. The van der Waals surface area contributed by atoms with Crippen LogP contribution < -0.4 is 5.32 Å². The SMILES string of the molecule is C[C@@H](Sc1nncn1C)C(=O)Nc1cccc(Br)c1. The minimum Gasteiger partial charge on any atom is -0.325 e. The van der Waals surface area contributed by atoms with Crippen LogP contribution in [0.5, 0.6) is 0 Å². The van der Waals surface area contributed by atoms with Crippen molar-refractivity contribution in [3.63, 3.8) is 0 Å². The van der Waals surface area contributed by atoms with E-state index in [1.54, 1.807) is 10.9 Å². The molecule has 0 saturated carbocycles. The number of benzene rings is 1.